The second kappa shape index (κ2) is 14.7. The molecule has 4 heterocycles. The number of nitrogens with two attached hydrogens (primary N) is 1. The number of aliphatic hydroxyl groups is 2. The van der Waals surface area contributed by atoms with E-state index >= 15 is 0 Å². The number of imidazole rings is 1. The number of nitrogens with zero attached hydrogens (tertiary/aromatic N) is 6. The molecule has 0 radical (unpaired) electrons. The highest BCUT2D eigenvalue weighted by Crippen LogP contribution is 2.42. The molecule has 1 fully saturated rings. The zero-order chi connectivity index (χ0) is 36.6. The van der Waals surface area contributed by atoms with Gasteiger partial charge in [0.1, 0.15) is 42.7 Å². The van der Waals surface area contributed by atoms with Crippen LogP contribution < -0.4 is 24.6 Å². The Kier molecular flexibility index (Phi) is 10.5. The van der Waals surface area contributed by atoms with Gasteiger partial charge in [0.25, 0.3) is 0 Å². The molecule has 0 amide bonds. The Morgan fingerprint density at radius 3 is 2.75 bits per heavy atom. The van der Waals surface area contributed by atoms with Crippen molar-refractivity contribution >= 4 is 64.7 Å². The maximum Gasteiger partial charge on any atom is 0.395 e. The molecule has 20 heteroatoms. The first kappa shape index (κ1) is 36.4. The number of methoxy groups -OCH3 is 1. The fraction of sp³-hybridized carbons (Fsp3) is 0.323. The molecule has 0 saturated carbocycles. The number of aromatic nitrogens is 5. The molecule has 51 heavy (non-hydrogen) atoms. The van der Waals surface area contributed by atoms with Crippen LogP contribution in [-0.4, -0.2) is 78.3 Å². The summed E-state index contributed by atoms with van der Waals surface area (Å²) in [5, 5.41) is 22.9. The summed E-state index contributed by atoms with van der Waals surface area (Å²) in [6.45, 7) is 2.08. The van der Waals surface area contributed by atoms with E-state index in [0.29, 0.717) is 26.3 Å². The highest BCUT2D eigenvalue weighted by Gasteiger charge is 2.54. The minimum absolute atomic E-state index is 0.0342. The van der Waals surface area contributed by atoms with Gasteiger partial charge in [-0.2, -0.15) is 9.97 Å². The molecule has 3 aromatic heterocycles. The molecule has 2 aromatic carbocycles. The number of halogens is 3. The quantitative estimate of drug-likeness (QED) is 0.0752. The predicted octanol–water partition coefficient (Wildman–Crippen LogP) is 3.30. The number of anilines is 1. The second-order valence-corrected chi connectivity index (χ2v) is 13.3. The van der Waals surface area contributed by atoms with Gasteiger partial charge < -0.3 is 39.8 Å². The lowest BCUT2D eigenvalue weighted by Crippen LogP contribution is -2.45. The molecule has 6 atom stereocenters. The van der Waals surface area contributed by atoms with Crippen LogP contribution in [0.1, 0.15) is 25.6 Å². The van der Waals surface area contributed by atoms with Crippen LogP contribution in [0.2, 0.25) is 0 Å². The van der Waals surface area contributed by atoms with Crippen molar-refractivity contribution in [3.63, 3.8) is 0 Å². The Balaban J connectivity index is 1.11. The SMILES string of the molecule is COc1nc(N)nc2c1nc(I)n2[C@@H]1O[C@H](COc2ccc3c(O[P+]([O-])=N[C@@H](C)C(=O)OCc4ccc(F)cc4F)cccc3n2)[C@@H](O)[C@@]1(C)O. The highest BCUT2D eigenvalue weighted by atomic mass is 127. The number of hydrogen-bond donors (Lipinski definition) is 3. The van der Waals surface area contributed by atoms with Gasteiger partial charge in [-0.05, 0) is 44.2 Å². The van der Waals surface area contributed by atoms with Gasteiger partial charge in [-0.15, -0.1) is 0 Å². The lowest BCUT2D eigenvalue weighted by Gasteiger charge is -2.27. The molecule has 6 rings (SSSR count). The summed E-state index contributed by atoms with van der Waals surface area (Å²) in [6.07, 6.45) is -3.56. The van der Waals surface area contributed by atoms with Crippen molar-refractivity contribution in [3.8, 4) is 17.5 Å². The average Bonchev–Trinajstić information content (AvgIpc) is 3.52. The van der Waals surface area contributed by atoms with E-state index < -0.39 is 62.5 Å². The first-order chi connectivity index (χ1) is 24.3. The first-order valence-corrected chi connectivity index (χ1v) is 17.3. The van der Waals surface area contributed by atoms with Gasteiger partial charge >= 0.3 is 14.1 Å². The molecule has 0 aliphatic carbocycles. The Labute approximate surface area is 302 Å². The zero-order valence-electron chi connectivity index (χ0n) is 26.9. The third-order valence-electron chi connectivity index (χ3n) is 7.90. The van der Waals surface area contributed by atoms with Gasteiger partial charge in [-0.3, -0.25) is 9.09 Å². The van der Waals surface area contributed by atoms with Gasteiger partial charge in [-0.1, -0.05) is 10.8 Å². The van der Waals surface area contributed by atoms with Gasteiger partial charge in [0, 0.05) is 45.7 Å². The standard InChI is InChI=1S/C31H29F2IN7O9P/c1-14(27(43)48-12-15-7-8-16(32)11-18(15)33)40-51(45)50-20-6-4-5-19-17(20)9-10-22(36-19)47-13-21-24(42)31(2,44)28(49-21)41-25-23(37-29(41)34)26(46-3)39-30(35)38-25/h4-11,14,21,24,28,42,44H,12-13H2,1-3H3,(H2,35,38,39)/t14-,21+,24+,28+,31+/m0/s1. The molecule has 1 saturated heterocycles. The maximum absolute atomic E-state index is 13.8. The van der Waals surface area contributed by atoms with Crippen LogP contribution >= 0.6 is 30.8 Å². The van der Waals surface area contributed by atoms with E-state index in [-0.39, 0.29) is 41.3 Å². The molecular formula is C31H29F2IN7O9P. The third-order valence-corrected chi connectivity index (χ3v) is 9.55. The van der Waals surface area contributed by atoms with Crippen molar-refractivity contribution in [3.05, 3.63) is 69.6 Å². The summed E-state index contributed by atoms with van der Waals surface area (Å²) < 4.78 is 60.4. The minimum atomic E-state index is -2.76. The number of ether oxygens (including phenoxy) is 4. The lowest BCUT2D eigenvalue weighted by molar-refractivity contribution is -0.169. The monoisotopic (exact) mass is 839 g/mol. The van der Waals surface area contributed by atoms with Crippen molar-refractivity contribution in [1.82, 2.24) is 24.5 Å². The van der Waals surface area contributed by atoms with Gasteiger partial charge in [0.05, 0.1) is 12.6 Å². The Morgan fingerprint density at radius 1 is 1.22 bits per heavy atom. The predicted molar refractivity (Wildman–Crippen MR) is 182 cm³/mol. The van der Waals surface area contributed by atoms with E-state index in [1.807, 2.05) is 22.6 Å². The van der Waals surface area contributed by atoms with Crippen LogP contribution in [0.15, 0.2) is 53.3 Å². The van der Waals surface area contributed by atoms with E-state index in [1.54, 1.807) is 18.2 Å². The highest BCUT2D eigenvalue weighted by molar-refractivity contribution is 14.1. The lowest BCUT2D eigenvalue weighted by atomic mass is 9.96. The van der Waals surface area contributed by atoms with Crippen molar-refractivity contribution in [2.45, 2.75) is 50.5 Å². The number of esters is 1. The number of carbonyl (C=O) groups excluding carboxylic acids is 1. The minimum Gasteiger partial charge on any atom is -0.575 e. The number of carbonyl (C=O) groups is 1. The summed E-state index contributed by atoms with van der Waals surface area (Å²) in [5.74, 6) is -2.17. The second-order valence-electron chi connectivity index (χ2n) is 11.5. The number of nitrogen functional groups attached to an aromatic ring is 1. The van der Waals surface area contributed by atoms with Gasteiger partial charge in [0.2, 0.25) is 17.7 Å². The fourth-order valence-electron chi connectivity index (χ4n) is 5.28. The number of pyridine rings is 1. The van der Waals surface area contributed by atoms with Crippen LogP contribution in [0.4, 0.5) is 14.7 Å². The Morgan fingerprint density at radius 2 is 2.00 bits per heavy atom. The molecule has 4 N–H and O–H groups in total. The molecule has 0 spiro atoms. The number of aliphatic hydroxyl groups excluding tert-OH is 1. The number of benzene rings is 2. The molecule has 1 aliphatic heterocycles. The average molecular weight is 839 g/mol. The van der Waals surface area contributed by atoms with Crippen molar-refractivity contribution < 1.29 is 52.2 Å². The van der Waals surface area contributed by atoms with Crippen LogP contribution in [0.5, 0.6) is 17.5 Å². The van der Waals surface area contributed by atoms with Crippen molar-refractivity contribution in [2.24, 2.45) is 4.74 Å². The van der Waals surface area contributed by atoms with Gasteiger partial charge in [-0.25, -0.2) is 23.5 Å². The molecule has 0 bridgehead atoms. The van der Waals surface area contributed by atoms with Crippen molar-refractivity contribution in [2.75, 3.05) is 19.5 Å². The Hall–Kier alpha value is -4.40. The van der Waals surface area contributed by atoms with E-state index in [4.69, 9.17) is 29.2 Å². The van der Waals surface area contributed by atoms with Crippen LogP contribution in [0, 0.1) is 15.5 Å². The molecular weight excluding hydrogens is 810 g/mol. The maximum atomic E-state index is 13.8. The topological polar surface area (TPSA) is 222 Å². The first-order valence-electron chi connectivity index (χ1n) is 15.1. The smallest absolute Gasteiger partial charge is 0.395 e. The van der Waals surface area contributed by atoms with Gasteiger partial charge in [0.15, 0.2) is 33.0 Å². The molecule has 5 aromatic rings. The summed E-state index contributed by atoms with van der Waals surface area (Å²) in [5.41, 5.74) is 4.94. The summed E-state index contributed by atoms with van der Waals surface area (Å²) in [6, 6.07) is 9.54. The summed E-state index contributed by atoms with van der Waals surface area (Å²) in [7, 11) is -1.35. The van der Waals surface area contributed by atoms with Crippen LogP contribution in [-0.2, 0) is 20.9 Å². The molecule has 268 valence electrons. The summed E-state index contributed by atoms with van der Waals surface area (Å²) >= 11 is 1.94. The molecule has 1 unspecified atom stereocenters. The third kappa shape index (κ3) is 7.49. The van der Waals surface area contributed by atoms with E-state index in [2.05, 4.69) is 24.7 Å². The van der Waals surface area contributed by atoms with E-state index in [0.717, 1.165) is 12.1 Å². The molecule has 16 nitrogen and oxygen atoms in total. The normalized spacial score (nSPS) is 21.2. The number of hydrogen-bond acceptors (Lipinski definition) is 15. The van der Waals surface area contributed by atoms with E-state index in [1.165, 1.54) is 37.7 Å². The summed E-state index contributed by atoms with van der Waals surface area (Å²) in [4.78, 5) is 42.2. The van der Waals surface area contributed by atoms with E-state index in [9.17, 15) is 28.7 Å². The number of fused-ring (bicyclic) bond motifs is 2. The van der Waals surface area contributed by atoms with Crippen molar-refractivity contribution in [1.29, 1.82) is 0 Å². The van der Waals surface area contributed by atoms with Crippen LogP contribution in [0.3, 0.4) is 0 Å². The fourth-order valence-corrected chi connectivity index (χ4v) is 6.76. The zero-order valence-corrected chi connectivity index (χ0v) is 30.0. The van der Waals surface area contributed by atoms with Crippen LogP contribution in [0.25, 0.3) is 22.1 Å². The molecule has 1 aliphatic rings. The largest absolute Gasteiger partial charge is 0.575 e. The number of rotatable bonds is 11. The Bertz CT molecular complexity index is 2160.